The molecule has 0 saturated heterocycles. The van der Waals surface area contributed by atoms with Crippen molar-refractivity contribution in [1.82, 2.24) is 20.9 Å². The van der Waals surface area contributed by atoms with Crippen LogP contribution in [0.3, 0.4) is 0 Å². The number of nitrogens with one attached hydrogen (secondary N) is 3. The lowest BCUT2D eigenvalue weighted by molar-refractivity contribution is 0.0706. The molecule has 9 nitrogen and oxygen atoms in total. The quantitative estimate of drug-likeness (QED) is 0.356. The maximum absolute atomic E-state index is 11.8. The van der Waals surface area contributed by atoms with E-state index in [1.807, 2.05) is 24.3 Å². The van der Waals surface area contributed by atoms with Crippen molar-refractivity contribution in [2.45, 2.75) is 0 Å². The van der Waals surface area contributed by atoms with Gasteiger partial charge in [0.2, 0.25) is 0 Å². The predicted molar refractivity (Wildman–Crippen MR) is 96.1 cm³/mol. The number of aromatic nitrogens is 2. The van der Waals surface area contributed by atoms with Crippen LogP contribution in [-0.2, 0) is 0 Å². The van der Waals surface area contributed by atoms with Crippen molar-refractivity contribution < 1.29 is 20.0 Å². The zero-order valence-corrected chi connectivity index (χ0v) is 13.9. The number of nitrogens with zero attached hydrogens (tertiary/aromatic N) is 2. The Morgan fingerprint density at radius 3 is 2.26 bits per heavy atom. The molecule has 3 rings (SSSR count). The Morgan fingerprint density at radius 2 is 1.63 bits per heavy atom. The minimum Gasteiger partial charge on any atom is -0.291 e. The molecule has 0 saturated carbocycles. The molecule has 2 heterocycles. The second kappa shape index (κ2) is 8.04. The van der Waals surface area contributed by atoms with Crippen molar-refractivity contribution in [2.24, 2.45) is 0 Å². The number of pyridine rings is 2. The Bertz CT molecular complexity index is 961. The van der Waals surface area contributed by atoms with Gasteiger partial charge in [0.15, 0.2) is 0 Å². The van der Waals surface area contributed by atoms with Gasteiger partial charge in [0.1, 0.15) is 5.82 Å². The van der Waals surface area contributed by atoms with Gasteiger partial charge in [0.05, 0.1) is 5.69 Å². The highest BCUT2D eigenvalue weighted by Crippen LogP contribution is 2.25. The van der Waals surface area contributed by atoms with E-state index in [0.717, 1.165) is 11.1 Å². The fraction of sp³-hybridized carbons (Fsp3) is 0. The third-order valence-electron chi connectivity index (χ3n) is 3.71. The number of hydrogen-bond donors (Lipinski definition) is 5. The molecule has 0 aliphatic rings. The molecule has 136 valence electrons. The van der Waals surface area contributed by atoms with Gasteiger partial charge >= 0.3 is 6.03 Å². The van der Waals surface area contributed by atoms with Crippen molar-refractivity contribution in [3.8, 4) is 22.4 Å². The summed E-state index contributed by atoms with van der Waals surface area (Å²) in [6.07, 6.45) is 3.44. The SMILES string of the molecule is O=C(NO)Nc1cc(C(=O)NO)cc(-c2ccc(-c3cccnc3)cc2)n1. The summed E-state index contributed by atoms with van der Waals surface area (Å²) >= 11 is 0. The summed E-state index contributed by atoms with van der Waals surface area (Å²) in [5.74, 6) is -0.743. The van der Waals surface area contributed by atoms with Crippen LogP contribution < -0.4 is 16.3 Å². The smallest absolute Gasteiger partial charge is 0.291 e. The molecule has 0 fully saturated rings. The van der Waals surface area contributed by atoms with E-state index < -0.39 is 11.9 Å². The van der Waals surface area contributed by atoms with Gasteiger partial charge in [-0.2, -0.15) is 0 Å². The summed E-state index contributed by atoms with van der Waals surface area (Å²) in [6.45, 7) is 0. The summed E-state index contributed by atoms with van der Waals surface area (Å²) in [5.41, 5.74) is 6.00. The van der Waals surface area contributed by atoms with Crippen LogP contribution >= 0.6 is 0 Å². The number of urea groups is 1. The molecule has 0 spiro atoms. The molecule has 1 aromatic carbocycles. The van der Waals surface area contributed by atoms with Crippen molar-refractivity contribution >= 4 is 17.8 Å². The maximum Gasteiger partial charge on any atom is 0.344 e. The van der Waals surface area contributed by atoms with E-state index in [1.54, 1.807) is 24.5 Å². The van der Waals surface area contributed by atoms with Crippen molar-refractivity contribution in [2.75, 3.05) is 5.32 Å². The average molecular weight is 365 g/mol. The van der Waals surface area contributed by atoms with Crippen molar-refractivity contribution in [1.29, 1.82) is 0 Å². The fourth-order valence-corrected chi connectivity index (χ4v) is 2.45. The Morgan fingerprint density at radius 1 is 0.889 bits per heavy atom. The molecule has 0 unspecified atom stereocenters. The number of hydroxylamine groups is 2. The predicted octanol–water partition coefficient (Wildman–Crippen LogP) is 2.44. The largest absolute Gasteiger partial charge is 0.344 e. The van der Waals surface area contributed by atoms with Crippen LogP contribution in [0.5, 0.6) is 0 Å². The van der Waals surface area contributed by atoms with E-state index in [-0.39, 0.29) is 11.4 Å². The Kier molecular flexibility index (Phi) is 5.36. The summed E-state index contributed by atoms with van der Waals surface area (Å²) in [6, 6.07) is 12.9. The number of benzene rings is 1. The average Bonchev–Trinajstić information content (AvgIpc) is 2.73. The zero-order chi connectivity index (χ0) is 19.2. The van der Waals surface area contributed by atoms with Crippen LogP contribution in [0, 0.1) is 0 Å². The van der Waals surface area contributed by atoms with E-state index in [9.17, 15) is 9.59 Å². The third kappa shape index (κ3) is 4.24. The highest BCUT2D eigenvalue weighted by molar-refractivity contribution is 5.96. The van der Waals surface area contributed by atoms with Crippen molar-refractivity contribution in [3.05, 3.63) is 66.5 Å². The molecular formula is C18H15N5O4. The lowest BCUT2D eigenvalue weighted by Crippen LogP contribution is -2.26. The maximum atomic E-state index is 11.8. The Labute approximate surface area is 153 Å². The monoisotopic (exact) mass is 365 g/mol. The van der Waals surface area contributed by atoms with Crippen LogP contribution in [0.25, 0.3) is 22.4 Å². The normalized spacial score (nSPS) is 10.1. The summed E-state index contributed by atoms with van der Waals surface area (Å²) in [4.78, 5) is 31.4. The first kappa shape index (κ1) is 18.0. The van der Waals surface area contributed by atoms with Crippen molar-refractivity contribution in [3.63, 3.8) is 0 Å². The van der Waals surface area contributed by atoms with Crippen LogP contribution in [0.4, 0.5) is 10.6 Å². The molecule has 0 atom stereocenters. The topological polar surface area (TPSA) is 136 Å². The van der Waals surface area contributed by atoms with E-state index in [0.29, 0.717) is 11.3 Å². The Balaban J connectivity index is 1.98. The zero-order valence-electron chi connectivity index (χ0n) is 13.9. The Hall–Kier alpha value is -3.82. The second-order valence-corrected chi connectivity index (χ2v) is 5.45. The second-order valence-electron chi connectivity index (χ2n) is 5.45. The van der Waals surface area contributed by atoms with Gasteiger partial charge < -0.3 is 0 Å². The number of amides is 3. The standard InChI is InChI=1S/C18H15N5O4/c24-17(22-26)14-8-15(20-16(9-14)21-18(25)23-27)12-5-3-11(4-6-12)13-2-1-7-19-10-13/h1-10,26-27H,(H,22,24)(H2,20,21,23,25). The minimum atomic E-state index is -0.915. The van der Waals surface area contributed by atoms with Gasteiger partial charge in [-0.1, -0.05) is 30.3 Å². The molecule has 3 aromatic rings. The molecule has 2 aromatic heterocycles. The molecule has 0 bridgehead atoms. The number of anilines is 1. The van der Waals surface area contributed by atoms with E-state index >= 15 is 0 Å². The highest BCUT2D eigenvalue weighted by Gasteiger charge is 2.12. The molecule has 0 aliphatic heterocycles. The summed E-state index contributed by atoms with van der Waals surface area (Å²) < 4.78 is 0. The van der Waals surface area contributed by atoms with E-state index in [2.05, 4.69) is 15.3 Å². The molecule has 3 amide bonds. The number of carbonyl (C=O) groups is 2. The van der Waals surface area contributed by atoms with Crippen LogP contribution in [0.2, 0.25) is 0 Å². The first-order valence-corrected chi connectivity index (χ1v) is 7.79. The number of carbonyl (C=O) groups excluding carboxylic acids is 2. The lowest BCUT2D eigenvalue weighted by Gasteiger charge is -2.10. The highest BCUT2D eigenvalue weighted by atomic mass is 16.5. The summed E-state index contributed by atoms with van der Waals surface area (Å²) in [7, 11) is 0. The van der Waals surface area contributed by atoms with Gasteiger partial charge in [-0.3, -0.25) is 25.5 Å². The van der Waals surface area contributed by atoms with Crippen LogP contribution in [0.15, 0.2) is 60.9 Å². The van der Waals surface area contributed by atoms with Crippen LogP contribution in [-0.4, -0.2) is 32.3 Å². The molecule has 0 aliphatic carbocycles. The van der Waals surface area contributed by atoms with Gasteiger partial charge in [0.25, 0.3) is 5.91 Å². The van der Waals surface area contributed by atoms with Gasteiger partial charge in [-0.25, -0.2) is 20.7 Å². The number of rotatable bonds is 4. The summed E-state index contributed by atoms with van der Waals surface area (Å²) in [5, 5.41) is 19.8. The first-order valence-electron chi connectivity index (χ1n) is 7.79. The van der Waals surface area contributed by atoms with Crippen LogP contribution in [0.1, 0.15) is 10.4 Å². The van der Waals surface area contributed by atoms with E-state index in [1.165, 1.54) is 23.1 Å². The number of hydrogen-bond acceptors (Lipinski definition) is 6. The van der Waals surface area contributed by atoms with Gasteiger partial charge in [-0.15, -0.1) is 0 Å². The first-order chi connectivity index (χ1) is 13.1. The molecule has 9 heteroatoms. The minimum absolute atomic E-state index is 0.0222. The molecule has 5 N–H and O–H groups in total. The van der Waals surface area contributed by atoms with Gasteiger partial charge in [-0.05, 0) is 29.3 Å². The molecule has 27 heavy (non-hydrogen) atoms. The fourth-order valence-electron chi connectivity index (χ4n) is 2.45. The molecule has 0 radical (unpaired) electrons. The lowest BCUT2D eigenvalue weighted by atomic mass is 10.0. The molecular weight excluding hydrogens is 350 g/mol. The third-order valence-corrected chi connectivity index (χ3v) is 3.71. The van der Waals surface area contributed by atoms with Gasteiger partial charge in [0, 0.05) is 23.5 Å². The van der Waals surface area contributed by atoms with E-state index in [4.69, 9.17) is 10.4 Å².